The minimum absolute atomic E-state index is 0.0696. The molecule has 0 saturated heterocycles. The zero-order valence-electron chi connectivity index (χ0n) is 9.67. The van der Waals surface area contributed by atoms with E-state index in [9.17, 15) is 0 Å². The Labute approximate surface area is 87.2 Å². The molecule has 0 spiro atoms. The van der Waals surface area contributed by atoms with Gasteiger partial charge in [0.05, 0.1) is 12.0 Å². The molecule has 0 saturated carbocycles. The number of rotatable bonds is 1. The standard InChI is InChI=1S/C12H20N2/c1-10(8-13)11-6-5-7-14(9-11)12(2,3)4/h9-10H,5-7H2,1-4H3. The van der Waals surface area contributed by atoms with E-state index in [1.54, 1.807) is 0 Å². The van der Waals surface area contributed by atoms with Gasteiger partial charge in [0.2, 0.25) is 0 Å². The first-order valence-corrected chi connectivity index (χ1v) is 5.32. The Hall–Kier alpha value is -0.970. The van der Waals surface area contributed by atoms with Crippen LogP contribution in [0.15, 0.2) is 11.8 Å². The Balaban J connectivity index is 2.80. The van der Waals surface area contributed by atoms with Gasteiger partial charge < -0.3 is 4.90 Å². The molecule has 0 aromatic carbocycles. The van der Waals surface area contributed by atoms with Crippen molar-refractivity contribution in [1.29, 1.82) is 5.26 Å². The Morgan fingerprint density at radius 2 is 2.14 bits per heavy atom. The molecule has 2 heteroatoms. The van der Waals surface area contributed by atoms with E-state index < -0.39 is 0 Å². The average Bonchev–Trinajstić information content (AvgIpc) is 2.15. The fourth-order valence-electron chi connectivity index (χ4n) is 1.72. The van der Waals surface area contributed by atoms with Gasteiger partial charge in [-0.2, -0.15) is 5.26 Å². The van der Waals surface area contributed by atoms with E-state index in [4.69, 9.17) is 5.26 Å². The van der Waals surface area contributed by atoms with Crippen LogP contribution in [0.4, 0.5) is 0 Å². The van der Waals surface area contributed by atoms with Crippen LogP contribution in [0, 0.1) is 17.2 Å². The maximum absolute atomic E-state index is 8.87. The van der Waals surface area contributed by atoms with E-state index in [2.05, 4.69) is 37.9 Å². The van der Waals surface area contributed by atoms with Gasteiger partial charge in [0.25, 0.3) is 0 Å². The maximum Gasteiger partial charge on any atom is 0.0698 e. The summed E-state index contributed by atoms with van der Waals surface area (Å²) in [7, 11) is 0. The van der Waals surface area contributed by atoms with E-state index in [0.29, 0.717) is 0 Å². The molecular formula is C12H20N2. The molecule has 0 radical (unpaired) electrons. The van der Waals surface area contributed by atoms with Gasteiger partial charge >= 0.3 is 0 Å². The average molecular weight is 192 g/mol. The largest absolute Gasteiger partial charge is 0.373 e. The van der Waals surface area contributed by atoms with Crippen molar-refractivity contribution in [2.75, 3.05) is 6.54 Å². The van der Waals surface area contributed by atoms with Gasteiger partial charge in [0, 0.05) is 18.3 Å². The molecule has 0 bridgehead atoms. The van der Waals surface area contributed by atoms with E-state index >= 15 is 0 Å². The van der Waals surface area contributed by atoms with Crippen LogP contribution in [0.5, 0.6) is 0 Å². The molecule has 0 fully saturated rings. The summed E-state index contributed by atoms with van der Waals surface area (Å²) < 4.78 is 0. The van der Waals surface area contributed by atoms with Crippen molar-refractivity contribution >= 4 is 0 Å². The molecule has 1 atom stereocenters. The Morgan fingerprint density at radius 1 is 1.50 bits per heavy atom. The Bertz CT molecular complexity index is 265. The monoisotopic (exact) mass is 192 g/mol. The predicted octanol–water partition coefficient (Wildman–Crippen LogP) is 2.92. The van der Waals surface area contributed by atoms with Crippen LogP contribution >= 0.6 is 0 Å². The quantitative estimate of drug-likeness (QED) is 0.638. The van der Waals surface area contributed by atoms with Crippen molar-refractivity contribution in [3.05, 3.63) is 11.8 Å². The molecule has 0 N–H and O–H groups in total. The van der Waals surface area contributed by atoms with Crippen molar-refractivity contribution in [3.63, 3.8) is 0 Å². The first-order valence-electron chi connectivity index (χ1n) is 5.32. The number of hydrogen-bond acceptors (Lipinski definition) is 2. The van der Waals surface area contributed by atoms with Crippen LogP contribution in [0.1, 0.15) is 40.5 Å². The van der Waals surface area contributed by atoms with Gasteiger partial charge in [-0.25, -0.2) is 0 Å². The lowest BCUT2D eigenvalue weighted by molar-refractivity contribution is 0.190. The lowest BCUT2D eigenvalue weighted by atomic mass is 9.94. The SMILES string of the molecule is CC(C#N)C1=CN(C(C)(C)C)CCC1. The molecule has 78 valence electrons. The van der Waals surface area contributed by atoms with Crippen molar-refractivity contribution in [2.24, 2.45) is 5.92 Å². The molecule has 1 heterocycles. The molecule has 1 aliphatic rings. The minimum atomic E-state index is 0.0696. The van der Waals surface area contributed by atoms with Crippen molar-refractivity contribution < 1.29 is 0 Å². The molecule has 0 aliphatic carbocycles. The first kappa shape index (κ1) is 11.1. The maximum atomic E-state index is 8.87. The predicted molar refractivity (Wildman–Crippen MR) is 58.6 cm³/mol. The zero-order chi connectivity index (χ0) is 10.8. The van der Waals surface area contributed by atoms with Crippen LogP contribution in [-0.2, 0) is 0 Å². The highest BCUT2D eigenvalue weighted by molar-refractivity contribution is 5.15. The third-order valence-corrected chi connectivity index (χ3v) is 2.80. The van der Waals surface area contributed by atoms with E-state index in [-0.39, 0.29) is 11.5 Å². The molecule has 14 heavy (non-hydrogen) atoms. The van der Waals surface area contributed by atoms with Gasteiger partial charge in [-0.1, -0.05) is 0 Å². The molecule has 1 rings (SSSR count). The van der Waals surface area contributed by atoms with Gasteiger partial charge in [-0.15, -0.1) is 0 Å². The smallest absolute Gasteiger partial charge is 0.0698 e. The molecule has 1 unspecified atom stereocenters. The second-order valence-corrected chi connectivity index (χ2v) is 5.02. The second kappa shape index (κ2) is 4.04. The normalized spacial score (nSPS) is 19.9. The second-order valence-electron chi connectivity index (χ2n) is 5.02. The van der Waals surface area contributed by atoms with Crippen LogP contribution < -0.4 is 0 Å². The number of allylic oxidation sites excluding steroid dienone is 1. The Kier molecular flexibility index (Phi) is 3.21. The zero-order valence-corrected chi connectivity index (χ0v) is 9.67. The summed E-state index contributed by atoms with van der Waals surface area (Å²) in [6.07, 6.45) is 4.45. The highest BCUT2D eigenvalue weighted by atomic mass is 15.2. The van der Waals surface area contributed by atoms with Gasteiger partial charge in [-0.3, -0.25) is 0 Å². The first-order chi connectivity index (χ1) is 6.45. The number of nitriles is 1. The van der Waals surface area contributed by atoms with E-state index in [0.717, 1.165) is 13.0 Å². The molecule has 1 aliphatic heterocycles. The van der Waals surface area contributed by atoms with Gasteiger partial charge in [0.1, 0.15) is 0 Å². The summed E-state index contributed by atoms with van der Waals surface area (Å²) in [5.41, 5.74) is 1.47. The third kappa shape index (κ3) is 2.51. The van der Waals surface area contributed by atoms with Crippen molar-refractivity contribution in [1.82, 2.24) is 4.90 Å². The van der Waals surface area contributed by atoms with Crippen LogP contribution in [0.25, 0.3) is 0 Å². The lowest BCUT2D eigenvalue weighted by Crippen LogP contribution is -2.40. The fourth-order valence-corrected chi connectivity index (χ4v) is 1.72. The van der Waals surface area contributed by atoms with Crippen molar-refractivity contribution in [3.8, 4) is 6.07 Å². The summed E-state index contributed by atoms with van der Waals surface area (Å²) in [5, 5.41) is 8.87. The van der Waals surface area contributed by atoms with E-state index in [1.807, 2.05) is 6.92 Å². The Morgan fingerprint density at radius 3 is 2.64 bits per heavy atom. The van der Waals surface area contributed by atoms with Crippen molar-refractivity contribution in [2.45, 2.75) is 46.1 Å². The van der Waals surface area contributed by atoms with E-state index in [1.165, 1.54) is 12.0 Å². The molecule has 2 nitrogen and oxygen atoms in total. The fraction of sp³-hybridized carbons (Fsp3) is 0.750. The summed E-state index contributed by atoms with van der Waals surface area (Å²) in [5.74, 6) is 0.0696. The molecule has 0 amide bonds. The number of hydrogen-bond donors (Lipinski definition) is 0. The highest BCUT2D eigenvalue weighted by Gasteiger charge is 2.22. The summed E-state index contributed by atoms with van der Waals surface area (Å²) >= 11 is 0. The number of nitrogens with zero attached hydrogens (tertiary/aromatic N) is 2. The third-order valence-electron chi connectivity index (χ3n) is 2.80. The lowest BCUT2D eigenvalue weighted by Gasteiger charge is -2.38. The molecular weight excluding hydrogens is 172 g/mol. The van der Waals surface area contributed by atoms with Gasteiger partial charge in [0.15, 0.2) is 0 Å². The van der Waals surface area contributed by atoms with Crippen LogP contribution in [0.3, 0.4) is 0 Å². The highest BCUT2D eigenvalue weighted by Crippen LogP contribution is 2.26. The topological polar surface area (TPSA) is 27.0 Å². The molecule has 0 aromatic heterocycles. The minimum Gasteiger partial charge on any atom is -0.373 e. The van der Waals surface area contributed by atoms with Crippen LogP contribution in [0.2, 0.25) is 0 Å². The van der Waals surface area contributed by atoms with Gasteiger partial charge in [-0.05, 0) is 46.1 Å². The van der Waals surface area contributed by atoms with Crippen LogP contribution in [-0.4, -0.2) is 17.0 Å². The summed E-state index contributed by atoms with van der Waals surface area (Å²) in [6.45, 7) is 9.74. The molecule has 0 aromatic rings. The summed E-state index contributed by atoms with van der Waals surface area (Å²) in [6, 6.07) is 2.31. The summed E-state index contributed by atoms with van der Waals surface area (Å²) in [4.78, 5) is 2.35.